The predicted molar refractivity (Wildman–Crippen MR) is 68.8 cm³/mol. The van der Waals surface area contributed by atoms with Gasteiger partial charge in [0.1, 0.15) is 6.04 Å². The Labute approximate surface area is 109 Å². The number of ether oxygens (including phenoxy) is 1. The van der Waals surface area contributed by atoms with E-state index in [1.807, 2.05) is 13.8 Å². The number of likely N-dealkylation sites (tertiary alicyclic amines) is 1. The summed E-state index contributed by atoms with van der Waals surface area (Å²) in [6, 6.07) is -0.139. The average molecular weight is 256 g/mol. The van der Waals surface area contributed by atoms with Crippen molar-refractivity contribution >= 4 is 11.9 Å². The second-order valence-corrected chi connectivity index (χ2v) is 4.83. The number of piperidine rings is 1. The number of hydrogen-bond acceptors (Lipinski definition) is 4. The number of amides is 1. The lowest BCUT2D eigenvalue weighted by atomic mass is 9.92. The maximum absolute atomic E-state index is 11.8. The molecule has 0 aliphatic carbocycles. The molecule has 0 spiro atoms. The molecule has 1 aliphatic heterocycles. The van der Waals surface area contributed by atoms with Gasteiger partial charge in [-0.3, -0.25) is 14.5 Å². The second kappa shape index (κ2) is 7.36. The van der Waals surface area contributed by atoms with Crippen LogP contribution in [-0.2, 0) is 14.3 Å². The van der Waals surface area contributed by atoms with Crippen LogP contribution >= 0.6 is 0 Å². The van der Waals surface area contributed by atoms with Gasteiger partial charge in [-0.05, 0) is 45.2 Å². The summed E-state index contributed by atoms with van der Waals surface area (Å²) in [4.78, 5) is 24.8. The molecule has 0 radical (unpaired) electrons. The molecule has 0 aromatic heterocycles. The van der Waals surface area contributed by atoms with Gasteiger partial charge in [-0.15, -0.1) is 0 Å². The van der Waals surface area contributed by atoms with Crippen LogP contribution in [0.1, 0.15) is 39.5 Å². The molecule has 1 atom stereocenters. The maximum atomic E-state index is 11.8. The van der Waals surface area contributed by atoms with Crippen LogP contribution in [-0.4, -0.2) is 42.5 Å². The maximum Gasteiger partial charge on any atom is 0.323 e. The minimum atomic E-state index is -0.231. The molecular formula is C13H24N2O3. The van der Waals surface area contributed by atoms with Gasteiger partial charge in [0.15, 0.2) is 0 Å². The largest absolute Gasteiger partial charge is 0.465 e. The Morgan fingerprint density at radius 3 is 2.39 bits per heavy atom. The van der Waals surface area contributed by atoms with Crippen LogP contribution in [0, 0.1) is 5.92 Å². The standard InChI is InChI=1S/C13H24N2O3/c1-3-11(13(17)18-4-2)15-7-5-10(6-8-15)9-12(14)16/h10-11H,3-9H2,1-2H3,(H2,14,16). The van der Waals surface area contributed by atoms with E-state index in [2.05, 4.69) is 4.90 Å². The number of hydrogen-bond donors (Lipinski definition) is 1. The van der Waals surface area contributed by atoms with Gasteiger partial charge in [-0.25, -0.2) is 0 Å². The highest BCUT2D eigenvalue weighted by Crippen LogP contribution is 2.22. The van der Waals surface area contributed by atoms with Crippen LogP contribution in [0.5, 0.6) is 0 Å². The molecule has 104 valence electrons. The summed E-state index contributed by atoms with van der Waals surface area (Å²) in [6.45, 7) is 5.93. The molecule has 1 fully saturated rings. The highest BCUT2D eigenvalue weighted by molar-refractivity contribution is 5.75. The molecule has 1 rings (SSSR count). The predicted octanol–water partition coefficient (Wildman–Crippen LogP) is 0.915. The molecule has 1 unspecified atom stereocenters. The zero-order valence-electron chi connectivity index (χ0n) is 11.4. The molecular weight excluding hydrogens is 232 g/mol. The second-order valence-electron chi connectivity index (χ2n) is 4.83. The van der Waals surface area contributed by atoms with Crippen molar-refractivity contribution in [3.63, 3.8) is 0 Å². The molecule has 1 aliphatic rings. The van der Waals surface area contributed by atoms with E-state index in [4.69, 9.17) is 10.5 Å². The summed E-state index contributed by atoms with van der Waals surface area (Å²) in [5, 5.41) is 0. The summed E-state index contributed by atoms with van der Waals surface area (Å²) in [5.74, 6) is 0.0117. The average Bonchev–Trinajstić information content (AvgIpc) is 2.32. The fraction of sp³-hybridized carbons (Fsp3) is 0.846. The van der Waals surface area contributed by atoms with Crippen molar-refractivity contribution in [1.82, 2.24) is 4.90 Å². The molecule has 0 bridgehead atoms. The summed E-state index contributed by atoms with van der Waals surface area (Å²) in [5.41, 5.74) is 5.21. The molecule has 2 N–H and O–H groups in total. The van der Waals surface area contributed by atoms with Crippen molar-refractivity contribution < 1.29 is 14.3 Å². The van der Waals surface area contributed by atoms with Crippen molar-refractivity contribution in [2.75, 3.05) is 19.7 Å². The number of nitrogens with two attached hydrogens (primary N) is 1. The van der Waals surface area contributed by atoms with Crippen LogP contribution in [0.3, 0.4) is 0 Å². The number of carbonyl (C=O) groups is 2. The number of primary amides is 1. The van der Waals surface area contributed by atoms with E-state index < -0.39 is 0 Å². The first kappa shape index (κ1) is 15.0. The van der Waals surface area contributed by atoms with Gasteiger partial charge >= 0.3 is 5.97 Å². The van der Waals surface area contributed by atoms with Crippen LogP contribution < -0.4 is 5.73 Å². The fourth-order valence-corrected chi connectivity index (χ4v) is 2.57. The highest BCUT2D eigenvalue weighted by Gasteiger charge is 2.29. The molecule has 1 saturated heterocycles. The zero-order chi connectivity index (χ0) is 13.5. The Hall–Kier alpha value is -1.10. The summed E-state index contributed by atoms with van der Waals surface area (Å²) in [7, 11) is 0. The van der Waals surface area contributed by atoms with Crippen LogP contribution in [0.4, 0.5) is 0 Å². The van der Waals surface area contributed by atoms with E-state index in [9.17, 15) is 9.59 Å². The van der Waals surface area contributed by atoms with Crippen molar-refractivity contribution in [3.8, 4) is 0 Å². The Bertz CT molecular complexity index is 286. The number of nitrogens with zero attached hydrogens (tertiary/aromatic N) is 1. The molecule has 5 heteroatoms. The first-order chi connectivity index (χ1) is 8.58. The lowest BCUT2D eigenvalue weighted by molar-refractivity contribution is -0.150. The molecule has 0 saturated carbocycles. The Morgan fingerprint density at radius 2 is 1.94 bits per heavy atom. The molecule has 1 amide bonds. The lowest BCUT2D eigenvalue weighted by Crippen LogP contribution is -2.46. The quantitative estimate of drug-likeness (QED) is 0.717. The van der Waals surface area contributed by atoms with E-state index in [-0.39, 0.29) is 17.9 Å². The van der Waals surface area contributed by atoms with Crippen molar-refractivity contribution in [2.24, 2.45) is 11.7 Å². The van der Waals surface area contributed by atoms with Gasteiger partial charge in [0.05, 0.1) is 6.61 Å². The fourth-order valence-electron chi connectivity index (χ4n) is 2.57. The van der Waals surface area contributed by atoms with Crippen molar-refractivity contribution in [2.45, 2.75) is 45.6 Å². The topological polar surface area (TPSA) is 72.6 Å². The molecule has 18 heavy (non-hydrogen) atoms. The van der Waals surface area contributed by atoms with Crippen LogP contribution in [0.2, 0.25) is 0 Å². The monoisotopic (exact) mass is 256 g/mol. The van der Waals surface area contributed by atoms with E-state index in [0.717, 1.165) is 32.4 Å². The van der Waals surface area contributed by atoms with Gasteiger partial charge in [-0.1, -0.05) is 6.92 Å². The van der Waals surface area contributed by atoms with E-state index in [0.29, 0.717) is 18.9 Å². The Kier molecular flexibility index (Phi) is 6.12. The molecule has 5 nitrogen and oxygen atoms in total. The summed E-state index contributed by atoms with van der Waals surface area (Å²) in [6.07, 6.45) is 3.08. The Balaban J connectivity index is 2.44. The lowest BCUT2D eigenvalue weighted by Gasteiger charge is -2.35. The minimum absolute atomic E-state index is 0.131. The van der Waals surface area contributed by atoms with E-state index in [1.165, 1.54) is 0 Å². The molecule has 0 aromatic carbocycles. The highest BCUT2D eigenvalue weighted by atomic mass is 16.5. The first-order valence-electron chi connectivity index (χ1n) is 6.77. The third-order valence-corrected chi connectivity index (χ3v) is 3.53. The number of carbonyl (C=O) groups excluding carboxylic acids is 2. The van der Waals surface area contributed by atoms with Gasteiger partial charge in [-0.2, -0.15) is 0 Å². The van der Waals surface area contributed by atoms with Gasteiger partial charge in [0.25, 0.3) is 0 Å². The van der Waals surface area contributed by atoms with Gasteiger partial charge in [0, 0.05) is 6.42 Å². The van der Waals surface area contributed by atoms with Crippen LogP contribution in [0.15, 0.2) is 0 Å². The normalized spacial score (nSPS) is 19.4. The van der Waals surface area contributed by atoms with Crippen LogP contribution in [0.25, 0.3) is 0 Å². The number of esters is 1. The third-order valence-electron chi connectivity index (χ3n) is 3.53. The summed E-state index contributed by atoms with van der Waals surface area (Å²) >= 11 is 0. The van der Waals surface area contributed by atoms with E-state index >= 15 is 0 Å². The first-order valence-corrected chi connectivity index (χ1v) is 6.77. The van der Waals surface area contributed by atoms with Crippen molar-refractivity contribution in [1.29, 1.82) is 0 Å². The minimum Gasteiger partial charge on any atom is -0.465 e. The number of rotatable bonds is 6. The van der Waals surface area contributed by atoms with Gasteiger partial charge in [0.2, 0.25) is 5.91 Å². The Morgan fingerprint density at radius 1 is 1.33 bits per heavy atom. The smallest absolute Gasteiger partial charge is 0.323 e. The zero-order valence-corrected chi connectivity index (χ0v) is 11.4. The molecule has 1 heterocycles. The molecule has 0 aromatic rings. The van der Waals surface area contributed by atoms with Crippen molar-refractivity contribution in [3.05, 3.63) is 0 Å². The third kappa shape index (κ3) is 4.29. The van der Waals surface area contributed by atoms with Gasteiger partial charge < -0.3 is 10.5 Å². The van der Waals surface area contributed by atoms with E-state index in [1.54, 1.807) is 0 Å². The summed E-state index contributed by atoms with van der Waals surface area (Å²) < 4.78 is 5.08. The SMILES string of the molecule is CCOC(=O)C(CC)N1CCC(CC(N)=O)CC1.